The van der Waals surface area contributed by atoms with Crippen LogP contribution in [0.2, 0.25) is 0 Å². The van der Waals surface area contributed by atoms with Gasteiger partial charge in [-0.25, -0.2) is 4.98 Å². The molecule has 1 aliphatic rings. The number of hydrogen-bond acceptors (Lipinski definition) is 5. The normalized spacial score (nSPS) is 19.2. The fourth-order valence-corrected chi connectivity index (χ4v) is 3.71. The number of thiazole rings is 1. The number of pyridine rings is 1. The van der Waals surface area contributed by atoms with E-state index in [1.165, 1.54) is 17.4 Å². The molecular formula is C19H17F3N4S. The third-order valence-electron chi connectivity index (χ3n) is 4.60. The highest BCUT2D eigenvalue weighted by Gasteiger charge is 2.38. The molecule has 2 heterocycles. The second kappa shape index (κ2) is 6.94. The van der Waals surface area contributed by atoms with E-state index in [1.54, 1.807) is 24.5 Å². The maximum absolute atomic E-state index is 12.9. The van der Waals surface area contributed by atoms with Crippen LogP contribution < -0.4 is 11.1 Å². The van der Waals surface area contributed by atoms with E-state index in [-0.39, 0.29) is 0 Å². The first kappa shape index (κ1) is 17.9. The van der Waals surface area contributed by atoms with Crippen molar-refractivity contribution in [3.8, 4) is 11.3 Å². The van der Waals surface area contributed by atoms with Crippen molar-refractivity contribution in [3.63, 3.8) is 0 Å². The average molecular weight is 390 g/mol. The Morgan fingerprint density at radius 1 is 1.15 bits per heavy atom. The van der Waals surface area contributed by atoms with Crippen LogP contribution in [0.3, 0.4) is 0 Å². The van der Waals surface area contributed by atoms with Crippen LogP contribution in [0.5, 0.6) is 0 Å². The number of benzene rings is 1. The lowest BCUT2D eigenvalue weighted by atomic mass is 10.1. The number of rotatable bonds is 5. The van der Waals surface area contributed by atoms with Crippen LogP contribution in [-0.4, -0.2) is 16.0 Å². The minimum atomic E-state index is -4.36. The lowest BCUT2D eigenvalue weighted by molar-refractivity contribution is -0.137. The number of alkyl halides is 3. The minimum Gasteiger partial charge on any atom is -0.375 e. The largest absolute Gasteiger partial charge is 0.416 e. The molecule has 27 heavy (non-hydrogen) atoms. The predicted octanol–water partition coefficient (Wildman–Crippen LogP) is 4.45. The zero-order valence-electron chi connectivity index (χ0n) is 14.2. The van der Waals surface area contributed by atoms with E-state index >= 15 is 0 Å². The van der Waals surface area contributed by atoms with E-state index in [9.17, 15) is 13.2 Å². The lowest BCUT2D eigenvalue weighted by Gasteiger charge is -2.09. The molecule has 0 spiro atoms. The second-order valence-corrected chi connectivity index (χ2v) is 7.70. The van der Waals surface area contributed by atoms with Crippen LogP contribution >= 0.6 is 11.3 Å². The first-order chi connectivity index (χ1) is 12.9. The maximum atomic E-state index is 12.9. The molecule has 2 aromatic heterocycles. The summed E-state index contributed by atoms with van der Waals surface area (Å²) < 4.78 is 38.6. The molecule has 2 unspecified atom stereocenters. The van der Waals surface area contributed by atoms with Gasteiger partial charge in [-0.2, -0.15) is 13.2 Å². The minimum absolute atomic E-state index is 0.370. The zero-order valence-corrected chi connectivity index (χ0v) is 15.0. The molecule has 0 amide bonds. The van der Waals surface area contributed by atoms with Crippen molar-refractivity contribution in [2.24, 2.45) is 0 Å². The fourth-order valence-electron chi connectivity index (χ4n) is 3.08. The molecule has 1 aliphatic carbocycles. The van der Waals surface area contributed by atoms with Gasteiger partial charge in [-0.1, -0.05) is 18.2 Å². The molecule has 0 radical (unpaired) electrons. The van der Waals surface area contributed by atoms with Crippen molar-refractivity contribution in [3.05, 3.63) is 64.8 Å². The van der Waals surface area contributed by atoms with Crippen molar-refractivity contribution < 1.29 is 13.2 Å². The van der Waals surface area contributed by atoms with Crippen LogP contribution in [0.1, 0.15) is 28.3 Å². The number of anilines is 1. The van der Waals surface area contributed by atoms with Gasteiger partial charge in [0.15, 0.2) is 5.13 Å². The molecule has 4 nitrogen and oxygen atoms in total. The number of nitrogen functional groups attached to an aromatic ring is 1. The lowest BCUT2D eigenvalue weighted by Crippen LogP contribution is -2.16. The van der Waals surface area contributed by atoms with Crippen molar-refractivity contribution in [2.75, 3.05) is 5.73 Å². The van der Waals surface area contributed by atoms with E-state index in [0.29, 0.717) is 28.3 Å². The molecule has 1 aromatic carbocycles. The van der Waals surface area contributed by atoms with Gasteiger partial charge in [-0.15, -0.1) is 11.3 Å². The highest BCUT2D eigenvalue weighted by molar-refractivity contribution is 7.15. The van der Waals surface area contributed by atoms with Gasteiger partial charge in [-0.05, 0) is 30.2 Å². The summed E-state index contributed by atoms with van der Waals surface area (Å²) in [7, 11) is 0. The van der Waals surface area contributed by atoms with Crippen molar-refractivity contribution in [1.29, 1.82) is 0 Å². The third-order valence-corrected chi connectivity index (χ3v) is 5.43. The Hall–Kier alpha value is -2.45. The molecule has 0 saturated heterocycles. The standard InChI is InChI=1S/C19H17F3N4S/c20-19(21,22)13-3-1-2-11(6-13)16-5-4-12(8-24-16)15-7-17(15)25-9-14-10-26-18(23)27-14/h1-6,8,10,15,17,25H,7,9H2,(H2,23,26). The SMILES string of the molecule is Nc1ncc(CNC2CC2c2ccc(-c3cccc(C(F)(F)F)c3)nc2)s1. The highest BCUT2D eigenvalue weighted by atomic mass is 32.1. The molecule has 2 atom stereocenters. The summed E-state index contributed by atoms with van der Waals surface area (Å²) in [6.45, 7) is 0.728. The number of halogens is 3. The fraction of sp³-hybridized carbons (Fsp3) is 0.263. The molecule has 8 heteroatoms. The average Bonchev–Trinajstić information content (AvgIpc) is 3.32. The number of nitrogens with one attached hydrogen (secondary N) is 1. The van der Waals surface area contributed by atoms with Gasteiger partial charge in [-0.3, -0.25) is 4.98 Å². The van der Waals surface area contributed by atoms with Crippen LogP contribution in [0.4, 0.5) is 18.3 Å². The Balaban J connectivity index is 1.40. The Morgan fingerprint density at radius 3 is 2.67 bits per heavy atom. The van der Waals surface area contributed by atoms with Crippen LogP contribution in [0.15, 0.2) is 48.8 Å². The third kappa shape index (κ3) is 4.12. The van der Waals surface area contributed by atoms with Crippen LogP contribution in [-0.2, 0) is 12.7 Å². The van der Waals surface area contributed by atoms with Gasteiger partial charge in [0.25, 0.3) is 0 Å². The van der Waals surface area contributed by atoms with Crippen LogP contribution in [0.25, 0.3) is 11.3 Å². The van der Waals surface area contributed by atoms with Gasteiger partial charge in [0.1, 0.15) is 0 Å². The Labute approximate surface area is 158 Å². The van der Waals surface area contributed by atoms with Crippen LogP contribution in [0, 0.1) is 0 Å². The number of aromatic nitrogens is 2. The van der Waals surface area contributed by atoms with E-state index in [4.69, 9.17) is 5.73 Å². The van der Waals surface area contributed by atoms with Crippen molar-refractivity contribution >= 4 is 16.5 Å². The molecule has 140 valence electrons. The molecular weight excluding hydrogens is 373 g/mol. The molecule has 4 rings (SSSR count). The van der Waals surface area contributed by atoms with Gasteiger partial charge in [0, 0.05) is 41.3 Å². The van der Waals surface area contributed by atoms with Gasteiger partial charge < -0.3 is 11.1 Å². The number of nitrogens with two attached hydrogens (primary N) is 1. The number of nitrogens with zero attached hydrogens (tertiary/aromatic N) is 2. The van der Waals surface area contributed by atoms with E-state index in [0.717, 1.165) is 35.5 Å². The van der Waals surface area contributed by atoms with E-state index < -0.39 is 11.7 Å². The Morgan fingerprint density at radius 2 is 2.00 bits per heavy atom. The van der Waals surface area contributed by atoms with Crippen molar-refractivity contribution in [1.82, 2.24) is 15.3 Å². The smallest absolute Gasteiger partial charge is 0.375 e. The summed E-state index contributed by atoms with van der Waals surface area (Å²) in [5.74, 6) is 0.373. The quantitative estimate of drug-likeness (QED) is 0.676. The molecule has 1 saturated carbocycles. The van der Waals surface area contributed by atoms with Gasteiger partial charge >= 0.3 is 6.18 Å². The molecule has 0 aliphatic heterocycles. The summed E-state index contributed by atoms with van der Waals surface area (Å²) in [6, 6.07) is 9.33. The summed E-state index contributed by atoms with van der Waals surface area (Å²) in [6.07, 6.45) is 0.187. The monoisotopic (exact) mass is 390 g/mol. The molecule has 3 aromatic rings. The van der Waals surface area contributed by atoms with Gasteiger partial charge in [0.05, 0.1) is 11.3 Å². The number of hydrogen-bond donors (Lipinski definition) is 2. The Kier molecular flexibility index (Phi) is 4.61. The van der Waals surface area contributed by atoms with Crippen molar-refractivity contribution in [2.45, 2.75) is 31.1 Å². The summed E-state index contributed by atoms with van der Waals surface area (Å²) in [5, 5.41) is 4.03. The molecule has 3 N–H and O–H groups in total. The summed E-state index contributed by atoms with van der Waals surface area (Å²) >= 11 is 1.47. The first-order valence-electron chi connectivity index (χ1n) is 8.47. The Bertz CT molecular complexity index is 937. The maximum Gasteiger partial charge on any atom is 0.416 e. The zero-order chi connectivity index (χ0) is 19.0. The van der Waals surface area contributed by atoms with E-state index in [2.05, 4.69) is 15.3 Å². The van der Waals surface area contributed by atoms with E-state index in [1.807, 2.05) is 6.07 Å². The molecule has 0 bridgehead atoms. The topological polar surface area (TPSA) is 63.8 Å². The summed E-state index contributed by atoms with van der Waals surface area (Å²) in [5.41, 5.74) is 7.05. The second-order valence-electron chi connectivity index (χ2n) is 6.55. The van der Waals surface area contributed by atoms with Gasteiger partial charge in [0.2, 0.25) is 0 Å². The predicted molar refractivity (Wildman–Crippen MR) is 99.2 cm³/mol. The highest BCUT2D eigenvalue weighted by Crippen LogP contribution is 2.41. The molecule has 1 fully saturated rings. The first-order valence-corrected chi connectivity index (χ1v) is 9.29. The summed E-state index contributed by atoms with van der Waals surface area (Å²) in [4.78, 5) is 9.49.